The molecule has 0 atom stereocenters. The Morgan fingerprint density at radius 2 is 1.87 bits per heavy atom. The van der Waals surface area contributed by atoms with Crippen LogP contribution in [0.1, 0.15) is 65.8 Å². The number of benzene rings is 1. The molecule has 1 amide bonds. The molecular weight excluding hydrogens is 376 g/mol. The van der Waals surface area contributed by atoms with Crippen LogP contribution in [-0.2, 0) is 17.8 Å². The Balaban J connectivity index is 2.15. The lowest BCUT2D eigenvalue weighted by atomic mass is 9.91. The summed E-state index contributed by atoms with van der Waals surface area (Å²) in [5.41, 5.74) is 5.03. The Bertz CT molecular complexity index is 870. The summed E-state index contributed by atoms with van der Waals surface area (Å²) in [6.07, 6.45) is 6.26. The molecule has 0 aliphatic heterocycles. The highest BCUT2D eigenvalue weighted by atomic mass is 16.5. The van der Waals surface area contributed by atoms with Gasteiger partial charge in [0.2, 0.25) is 0 Å². The van der Waals surface area contributed by atoms with Gasteiger partial charge in [0.1, 0.15) is 5.82 Å². The van der Waals surface area contributed by atoms with E-state index >= 15 is 0 Å². The number of fused-ring (bicyclic) bond motifs is 1. The second-order valence-corrected chi connectivity index (χ2v) is 10.4. The number of hydrogen-bond acceptors (Lipinski definition) is 4. The Kier molecular flexibility index (Phi) is 8.21. The molecule has 30 heavy (non-hydrogen) atoms. The van der Waals surface area contributed by atoms with Crippen molar-refractivity contribution in [2.24, 2.45) is 10.8 Å². The molecule has 6 nitrogen and oxygen atoms in total. The van der Waals surface area contributed by atoms with Gasteiger partial charge < -0.3 is 9.88 Å². The summed E-state index contributed by atoms with van der Waals surface area (Å²) in [5, 5.41) is 12.2. The molecule has 166 valence electrons. The summed E-state index contributed by atoms with van der Waals surface area (Å²) < 4.78 is 2.31. The zero-order valence-electron chi connectivity index (χ0n) is 19.4. The smallest absolute Gasteiger partial charge is 0.267 e. The lowest BCUT2D eigenvalue weighted by Gasteiger charge is -2.19. The predicted octanol–water partition coefficient (Wildman–Crippen LogP) is 4.56. The normalized spacial score (nSPS) is 12.8. The topological polar surface area (TPSA) is 79.2 Å². The van der Waals surface area contributed by atoms with Crippen molar-refractivity contribution in [3.8, 4) is 0 Å². The Morgan fingerprint density at radius 1 is 1.13 bits per heavy atom. The number of carbonyl (C=O) groups excluding carboxylic acids is 1. The van der Waals surface area contributed by atoms with E-state index in [1.807, 2.05) is 12.1 Å². The van der Waals surface area contributed by atoms with Gasteiger partial charge >= 0.3 is 0 Å². The van der Waals surface area contributed by atoms with Gasteiger partial charge in [0.15, 0.2) is 0 Å². The SMILES string of the molecule is CC(C)(C)CCCNCCn1c(CC(C)(C)C)nc2cc(/C=C/C(=O)NO)ccc21. The third-order valence-corrected chi connectivity index (χ3v) is 4.87. The first-order chi connectivity index (χ1) is 14.0. The molecule has 0 radical (unpaired) electrons. The minimum atomic E-state index is -0.549. The van der Waals surface area contributed by atoms with Crippen molar-refractivity contribution >= 4 is 23.0 Å². The zero-order valence-corrected chi connectivity index (χ0v) is 19.4. The molecule has 1 aromatic heterocycles. The zero-order chi connectivity index (χ0) is 22.4. The molecule has 0 spiro atoms. The lowest BCUT2D eigenvalue weighted by molar-refractivity contribution is -0.124. The molecule has 0 aliphatic carbocycles. The van der Waals surface area contributed by atoms with Crippen LogP contribution in [0.15, 0.2) is 24.3 Å². The fraction of sp³-hybridized carbons (Fsp3) is 0.583. The molecule has 0 saturated heterocycles. The average Bonchev–Trinajstić information content (AvgIpc) is 2.96. The number of rotatable bonds is 9. The number of aromatic nitrogens is 2. The third kappa shape index (κ3) is 7.92. The Morgan fingerprint density at radius 3 is 2.50 bits per heavy atom. The maximum absolute atomic E-state index is 11.2. The van der Waals surface area contributed by atoms with Crippen molar-refractivity contribution in [2.75, 3.05) is 13.1 Å². The monoisotopic (exact) mass is 414 g/mol. The van der Waals surface area contributed by atoms with Crippen LogP contribution in [0.25, 0.3) is 17.1 Å². The number of hydrogen-bond donors (Lipinski definition) is 3. The number of imidazole rings is 1. The number of hydroxylamine groups is 1. The molecule has 3 N–H and O–H groups in total. The Hall–Kier alpha value is -2.18. The van der Waals surface area contributed by atoms with Crippen LogP contribution in [0.2, 0.25) is 0 Å². The molecule has 0 fully saturated rings. The highest BCUT2D eigenvalue weighted by Crippen LogP contribution is 2.25. The molecule has 6 heteroatoms. The number of nitrogens with one attached hydrogen (secondary N) is 2. The first-order valence-electron chi connectivity index (χ1n) is 10.8. The van der Waals surface area contributed by atoms with Gasteiger partial charge in [-0.05, 0) is 54.0 Å². The van der Waals surface area contributed by atoms with Gasteiger partial charge in [-0.3, -0.25) is 10.0 Å². The van der Waals surface area contributed by atoms with Crippen LogP contribution in [-0.4, -0.2) is 33.8 Å². The standard InChI is InChI=1S/C24H38N4O2/c1-23(2,3)12-7-13-25-14-15-28-20-10-8-18(9-11-22(29)27-30)16-19(20)26-21(28)17-24(4,5)6/h8-11,16,25,30H,7,12-15,17H2,1-6H3,(H,27,29)/b11-9+. The summed E-state index contributed by atoms with van der Waals surface area (Å²) in [6.45, 7) is 16.3. The maximum Gasteiger partial charge on any atom is 0.267 e. The first-order valence-corrected chi connectivity index (χ1v) is 10.8. The third-order valence-electron chi connectivity index (χ3n) is 4.87. The molecule has 2 rings (SSSR count). The summed E-state index contributed by atoms with van der Waals surface area (Å²) in [6, 6.07) is 6.01. The van der Waals surface area contributed by atoms with Gasteiger partial charge in [0.05, 0.1) is 11.0 Å². The van der Waals surface area contributed by atoms with E-state index in [1.165, 1.54) is 18.9 Å². The maximum atomic E-state index is 11.2. The van der Waals surface area contributed by atoms with E-state index in [4.69, 9.17) is 10.2 Å². The van der Waals surface area contributed by atoms with E-state index in [2.05, 4.69) is 57.5 Å². The van der Waals surface area contributed by atoms with Crippen molar-refractivity contribution in [1.29, 1.82) is 0 Å². The molecular formula is C24H38N4O2. The van der Waals surface area contributed by atoms with E-state index in [9.17, 15) is 4.79 Å². The molecule has 0 unspecified atom stereocenters. The minimum Gasteiger partial charge on any atom is -0.327 e. The fourth-order valence-electron chi connectivity index (χ4n) is 3.43. The van der Waals surface area contributed by atoms with Crippen molar-refractivity contribution in [2.45, 2.75) is 67.3 Å². The van der Waals surface area contributed by atoms with E-state index in [1.54, 1.807) is 11.6 Å². The van der Waals surface area contributed by atoms with Crippen molar-refractivity contribution in [3.05, 3.63) is 35.7 Å². The second kappa shape index (κ2) is 10.2. The summed E-state index contributed by atoms with van der Waals surface area (Å²) in [7, 11) is 0. The highest BCUT2D eigenvalue weighted by molar-refractivity contribution is 5.91. The van der Waals surface area contributed by atoms with Crippen LogP contribution in [0.5, 0.6) is 0 Å². The van der Waals surface area contributed by atoms with Crippen molar-refractivity contribution in [1.82, 2.24) is 20.3 Å². The molecule has 0 aliphatic rings. The largest absolute Gasteiger partial charge is 0.327 e. The summed E-state index contributed by atoms with van der Waals surface area (Å²) in [5.74, 6) is 0.537. The fourth-order valence-corrected chi connectivity index (χ4v) is 3.43. The summed E-state index contributed by atoms with van der Waals surface area (Å²) in [4.78, 5) is 16.1. The molecule has 1 aromatic carbocycles. The Labute approximate surface area is 180 Å². The van der Waals surface area contributed by atoms with E-state index in [0.717, 1.165) is 48.5 Å². The van der Waals surface area contributed by atoms with E-state index in [-0.39, 0.29) is 5.41 Å². The summed E-state index contributed by atoms with van der Waals surface area (Å²) >= 11 is 0. The van der Waals surface area contributed by atoms with Crippen LogP contribution in [0.3, 0.4) is 0 Å². The van der Waals surface area contributed by atoms with E-state index in [0.29, 0.717) is 5.41 Å². The second-order valence-electron chi connectivity index (χ2n) is 10.4. The minimum absolute atomic E-state index is 0.140. The van der Waals surface area contributed by atoms with E-state index < -0.39 is 5.91 Å². The molecule has 0 saturated carbocycles. The van der Waals surface area contributed by atoms with Gasteiger partial charge in [0.25, 0.3) is 5.91 Å². The van der Waals surface area contributed by atoms with Gasteiger partial charge in [-0.1, -0.05) is 47.6 Å². The van der Waals surface area contributed by atoms with Crippen LogP contribution in [0.4, 0.5) is 0 Å². The number of amides is 1. The number of nitrogens with zero attached hydrogens (tertiary/aromatic N) is 2. The van der Waals surface area contributed by atoms with Crippen molar-refractivity contribution in [3.63, 3.8) is 0 Å². The van der Waals surface area contributed by atoms with Gasteiger partial charge in [0, 0.05) is 25.6 Å². The lowest BCUT2D eigenvalue weighted by Crippen LogP contribution is -2.24. The van der Waals surface area contributed by atoms with Gasteiger partial charge in [-0.2, -0.15) is 0 Å². The predicted molar refractivity (Wildman–Crippen MR) is 123 cm³/mol. The molecule has 1 heterocycles. The van der Waals surface area contributed by atoms with Gasteiger partial charge in [-0.15, -0.1) is 0 Å². The van der Waals surface area contributed by atoms with Gasteiger partial charge in [-0.25, -0.2) is 10.5 Å². The molecule has 2 aromatic rings. The average molecular weight is 415 g/mol. The van der Waals surface area contributed by atoms with Crippen LogP contribution in [0, 0.1) is 10.8 Å². The number of carbonyl (C=O) groups is 1. The molecule has 0 bridgehead atoms. The van der Waals surface area contributed by atoms with Crippen LogP contribution < -0.4 is 10.8 Å². The van der Waals surface area contributed by atoms with Crippen molar-refractivity contribution < 1.29 is 10.0 Å². The quantitative estimate of drug-likeness (QED) is 0.243. The van der Waals surface area contributed by atoms with Crippen LogP contribution >= 0.6 is 0 Å². The first kappa shape index (κ1) is 24.1. The highest BCUT2D eigenvalue weighted by Gasteiger charge is 2.18.